The molecular formula is C22H29FN4O2. The second-order valence-corrected chi connectivity index (χ2v) is 7.57. The highest BCUT2D eigenvalue weighted by Gasteiger charge is 2.20. The number of carbonyl (C=O) groups excluding carboxylic acids is 2. The average molecular weight is 400 g/mol. The Kier molecular flexibility index (Phi) is 6.69. The van der Waals surface area contributed by atoms with Crippen LogP contribution in [0, 0.1) is 19.7 Å². The fourth-order valence-electron chi connectivity index (χ4n) is 4.02. The summed E-state index contributed by atoms with van der Waals surface area (Å²) in [5.74, 6) is -0.390. The molecule has 156 valence electrons. The van der Waals surface area contributed by atoms with Gasteiger partial charge in [-0.25, -0.2) is 4.39 Å². The molecule has 1 fully saturated rings. The Labute approximate surface area is 171 Å². The van der Waals surface area contributed by atoms with Gasteiger partial charge in [0, 0.05) is 44.0 Å². The van der Waals surface area contributed by atoms with Gasteiger partial charge in [0.2, 0.25) is 0 Å². The number of nitrogens with one attached hydrogen (secondary N) is 2. The lowest BCUT2D eigenvalue weighted by Crippen LogP contribution is -2.47. The Morgan fingerprint density at radius 1 is 1.14 bits per heavy atom. The molecule has 0 bridgehead atoms. The summed E-state index contributed by atoms with van der Waals surface area (Å²) in [4.78, 5) is 31.6. The Morgan fingerprint density at radius 3 is 2.45 bits per heavy atom. The Balaban J connectivity index is 1.42. The van der Waals surface area contributed by atoms with Gasteiger partial charge in [-0.2, -0.15) is 0 Å². The summed E-state index contributed by atoms with van der Waals surface area (Å²) in [6.45, 7) is 9.90. The monoisotopic (exact) mass is 400 g/mol. The van der Waals surface area contributed by atoms with Gasteiger partial charge in [0.05, 0.1) is 5.69 Å². The molecule has 2 heterocycles. The van der Waals surface area contributed by atoms with Crippen molar-refractivity contribution in [2.45, 2.75) is 27.2 Å². The molecule has 2 N–H and O–H groups in total. The predicted molar refractivity (Wildman–Crippen MR) is 112 cm³/mol. The number of anilines is 1. The zero-order chi connectivity index (χ0) is 21.0. The summed E-state index contributed by atoms with van der Waals surface area (Å²) < 4.78 is 13.9. The first kappa shape index (κ1) is 21.0. The van der Waals surface area contributed by atoms with E-state index >= 15 is 0 Å². The first-order chi connectivity index (χ1) is 13.9. The van der Waals surface area contributed by atoms with Crippen molar-refractivity contribution in [3.05, 3.63) is 52.6 Å². The van der Waals surface area contributed by atoms with Crippen molar-refractivity contribution < 1.29 is 14.0 Å². The lowest BCUT2D eigenvalue weighted by Gasteiger charge is -2.36. The number of carbonyl (C=O) groups is 2. The standard InChI is InChI=1S/C22H29FN4O2/c1-15-20(17(3)28)16(2)25-21(15)22(29)24-9-6-10-26-11-13-27(14-12-26)19-8-5-4-7-18(19)23/h4-5,7-8,25H,6,9-14H2,1-3H3,(H,24,29). The molecule has 0 radical (unpaired) electrons. The molecular weight excluding hydrogens is 371 g/mol. The zero-order valence-corrected chi connectivity index (χ0v) is 17.3. The fraction of sp³-hybridized carbons (Fsp3) is 0.455. The highest BCUT2D eigenvalue weighted by molar-refractivity contribution is 6.02. The number of amides is 1. The molecule has 7 heteroatoms. The summed E-state index contributed by atoms with van der Waals surface area (Å²) in [5.41, 5.74) is 3.17. The van der Waals surface area contributed by atoms with Crippen LogP contribution in [0.15, 0.2) is 24.3 Å². The smallest absolute Gasteiger partial charge is 0.268 e. The number of hydrogen-bond donors (Lipinski definition) is 2. The van der Waals surface area contributed by atoms with E-state index in [2.05, 4.69) is 20.1 Å². The van der Waals surface area contributed by atoms with Crippen LogP contribution in [0.25, 0.3) is 0 Å². The van der Waals surface area contributed by atoms with Gasteiger partial charge >= 0.3 is 0 Å². The Hall–Kier alpha value is -2.67. The maximum atomic E-state index is 13.9. The van der Waals surface area contributed by atoms with E-state index in [0.717, 1.165) is 44.8 Å². The number of piperazine rings is 1. The molecule has 3 rings (SSSR count). The number of aromatic nitrogens is 1. The van der Waals surface area contributed by atoms with Gasteiger partial charge in [0.15, 0.2) is 5.78 Å². The molecule has 29 heavy (non-hydrogen) atoms. The first-order valence-corrected chi connectivity index (χ1v) is 10.1. The molecule has 6 nitrogen and oxygen atoms in total. The summed E-state index contributed by atoms with van der Waals surface area (Å²) in [5, 5.41) is 2.93. The van der Waals surface area contributed by atoms with Gasteiger partial charge in [-0.15, -0.1) is 0 Å². The number of Topliss-reactive ketones (excluding diaryl/α,β-unsaturated/α-hetero) is 1. The van der Waals surface area contributed by atoms with Crippen molar-refractivity contribution in [1.29, 1.82) is 0 Å². The molecule has 1 aliphatic heterocycles. The van der Waals surface area contributed by atoms with E-state index in [1.54, 1.807) is 13.0 Å². The summed E-state index contributed by atoms with van der Waals surface area (Å²) in [7, 11) is 0. The molecule has 1 aromatic carbocycles. The van der Waals surface area contributed by atoms with E-state index in [0.29, 0.717) is 29.1 Å². The van der Waals surface area contributed by atoms with Crippen molar-refractivity contribution in [3.8, 4) is 0 Å². The number of para-hydroxylation sites is 1. The van der Waals surface area contributed by atoms with Crippen LogP contribution in [-0.4, -0.2) is 60.8 Å². The summed E-state index contributed by atoms with van der Waals surface area (Å²) in [6.07, 6.45) is 0.837. The predicted octanol–water partition coefficient (Wildman–Crippen LogP) is 2.92. The van der Waals surface area contributed by atoms with E-state index in [1.807, 2.05) is 19.1 Å². The van der Waals surface area contributed by atoms with Crippen molar-refractivity contribution in [1.82, 2.24) is 15.2 Å². The number of benzene rings is 1. The highest BCUT2D eigenvalue weighted by Crippen LogP contribution is 2.20. The number of hydrogen-bond acceptors (Lipinski definition) is 4. The second kappa shape index (κ2) is 9.22. The molecule has 0 unspecified atom stereocenters. The second-order valence-electron chi connectivity index (χ2n) is 7.57. The molecule has 1 saturated heterocycles. The average Bonchev–Trinajstić information content (AvgIpc) is 3.00. The summed E-state index contributed by atoms with van der Waals surface area (Å²) in [6, 6.07) is 6.89. The number of aromatic amines is 1. The zero-order valence-electron chi connectivity index (χ0n) is 17.3. The van der Waals surface area contributed by atoms with Gasteiger partial charge in [-0.05, 0) is 51.4 Å². The van der Waals surface area contributed by atoms with E-state index in [9.17, 15) is 14.0 Å². The van der Waals surface area contributed by atoms with E-state index in [-0.39, 0.29) is 17.5 Å². The van der Waals surface area contributed by atoms with E-state index < -0.39 is 0 Å². The van der Waals surface area contributed by atoms with Crippen molar-refractivity contribution in [3.63, 3.8) is 0 Å². The van der Waals surface area contributed by atoms with Crippen LogP contribution in [0.4, 0.5) is 10.1 Å². The quantitative estimate of drug-likeness (QED) is 0.554. The van der Waals surface area contributed by atoms with Gasteiger partial charge in [0.1, 0.15) is 11.5 Å². The SMILES string of the molecule is CC(=O)c1c(C)[nH]c(C(=O)NCCCN2CCN(c3ccccc3F)CC2)c1C. The minimum Gasteiger partial charge on any atom is -0.367 e. The highest BCUT2D eigenvalue weighted by atomic mass is 19.1. The lowest BCUT2D eigenvalue weighted by molar-refractivity contribution is 0.0946. The normalized spacial score (nSPS) is 14.8. The van der Waals surface area contributed by atoms with Crippen LogP contribution in [0.5, 0.6) is 0 Å². The van der Waals surface area contributed by atoms with Crippen LogP contribution in [0.1, 0.15) is 45.4 Å². The maximum Gasteiger partial charge on any atom is 0.268 e. The van der Waals surface area contributed by atoms with Crippen LogP contribution in [0.3, 0.4) is 0 Å². The van der Waals surface area contributed by atoms with Crippen LogP contribution in [-0.2, 0) is 0 Å². The maximum absolute atomic E-state index is 13.9. The van der Waals surface area contributed by atoms with E-state index in [1.165, 1.54) is 13.0 Å². The molecule has 0 spiro atoms. The van der Waals surface area contributed by atoms with Gasteiger partial charge in [-0.1, -0.05) is 12.1 Å². The molecule has 0 atom stereocenters. The number of H-pyrrole nitrogens is 1. The topological polar surface area (TPSA) is 68.4 Å². The van der Waals surface area contributed by atoms with Crippen molar-refractivity contribution in [2.75, 3.05) is 44.2 Å². The van der Waals surface area contributed by atoms with Crippen molar-refractivity contribution >= 4 is 17.4 Å². The molecule has 0 saturated carbocycles. The third-order valence-electron chi connectivity index (χ3n) is 5.52. The molecule has 1 aliphatic rings. The van der Waals surface area contributed by atoms with Gasteiger partial charge < -0.3 is 15.2 Å². The largest absolute Gasteiger partial charge is 0.367 e. The summed E-state index contributed by atoms with van der Waals surface area (Å²) >= 11 is 0. The van der Waals surface area contributed by atoms with E-state index in [4.69, 9.17) is 0 Å². The molecule has 1 amide bonds. The molecule has 0 aliphatic carbocycles. The third kappa shape index (κ3) is 4.85. The Bertz CT molecular complexity index is 885. The number of nitrogens with zero attached hydrogens (tertiary/aromatic N) is 2. The lowest BCUT2D eigenvalue weighted by atomic mass is 10.1. The number of halogens is 1. The number of rotatable bonds is 7. The molecule has 2 aromatic rings. The number of aryl methyl sites for hydroxylation is 1. The van der Waals surface area contributed by atoms with Crippen LogP contribution in [0.2, 0.25) is 0 Å². The van der Waals surface area contributed by atoms with Crippen LogP contribution >= 0.6 is 0 Å². The minimum absolute atomic E-state index is 0.0372. The van der Waals surface area contributed by atoms with Crippen molar-refractivity contribution in [2.24, 2.45) is 0 Å². The third-order valence-corrected chi connectivity index (χ3v) is 5.52. The van der Waals surface area contributed by atoms with Gasteiger partial charge in [-0.3, -0.25) is 14.5 Å². The molecule has 1 aromatic heterocycles. The minimum atomic E-state index is -0.178. The van der Waals surface area contributed by atoms with Gasteiger partial charge in [0.25, 0.3) is 5.91 Å². The first-order valence-electron chi connectivity index (χ1n) is 10.1. The fourth-order valence-corrected chi connectivity index (χ4v) is 4.02. The Morgan fingerprint density at radius 2 is 1.83 bits per heavy atom. The van der Waals surface area contributed by atoms with Crippen LogP contribution < -0.4 is 10.2 Å². The number of ketones is 1.